The quantitative estimate of drug-likeness (QED) is 0.287. The van der Waals surface area contributed by atoms with Gasteiger partial charge in [0, 0.05) is 18.9 Å². The average Bonchev–Trinajstić information content (AvgIpc) is 2.88. The molecule has 1 saturated carbocycles. The highest BCUT2D eigenvalue weighted by molar-refractivity contribution is 5.60. The Morgan fingerprint density at radius 1 is 1.38 bits per heavy atom. The number of hydrogen-bond donors (Lipinski definition) is 0. The lowest BCUT2D eigenvalue weighted by Crippen LogP contribution is -2.32. The van der Waals surface area contributed by atoms with E-state index in [1.165, 1.54) is 5.57 Å². The molecular weight excluding hydrogens is 194 g/mol. The third kappa shape index (κ3) is 1.15. The summed E-state index contributed by atoms with van der Waals surface area (Å²) in [4.78, 5) is 0. The second-order valence-electron chi connectivity index (χ2n) is 4.55. The van der Waals surface area contributed by atoms with Crippen molar-refractivity contribution in [2.45, 2.75) is 39.2 Å². The molecule has 0 bridgehead atoms. The molecule has 1 aliphatic rings. The van der Waals surface area contributed by atoms with Crippen LogP contribution in [0.25, 0.3) is 0 Å². The maximum absolute atomic E-state index is 4.28. The highest BCUT2D eigenvalue weighted by Crippen LogP contribution is 2.70. The van der Waals surface area contributed by atoms with Crippen molar-refractivity contribution in [2.24, 2.45) is 5.41 Å². The summed E-state index contributed by atoms with van der Waals surface area (Å²) < 4.78 is 2.29. The Morgan fingerprint density at radius 2 is 1.94 bits per heavy atom. The summed E-state index contributed by atoms with van der Waals surface area (Å²) in [5, 5.41) is 0. The monoisotopic (exact) mass is 218 g/mol. The Kier molecular flexibility index (Phi) is 3.27. The van der Waals surface area contributed by atoms with E-state index in [2.05, 4.69) is 58.3 Å². The number of rotatable bonds is 5. The van der Waals surface area contributed by atoms with Crippen LogP contribution in [0.15, 0.2) is 37.0 Å². The summed E-state index contributed by atoms with van der Waals surface area (Å²) in [5.41, 5.74) is 2.48. The maximum atomic E-state index is 4.28. The summed E-state index contributed by atoms with van der Waals surface area (Å²) >= 11 is 0. The van der Waals surface area contributed by atoms with Gasteiger partial charge in [-0.05, 0) is 12.0 Å². The van der Waals surface area contributed by atoms with Crippen LogP contribution in [-0.4, -0.2) is 23.4 Å². The van der Waals surface area contributed by atoms with Crippen LogP contribution in [0.1, 0.15) is 33.6 Å². The Hall–Kier alpha value is -1.11. The molecular formula is C15H24N+. The zero-order chi connectivity index (χ0) is 12.6. The van der Waals surface area contributed by atoms with E-state index in [1.807, 2.05) is 6.08 Å². The number of hydrogen-bond acceptors (Lipinski definition) is 0. The highest BCUT2D eigenvalue weighted by atomic mass is 15.1. The Balaban J connectivity index is 3.33. The molecule has 2 atom stereocenters. The van der Waals surface area contributed by atoms with Crippen molar-refractivity contribution in [1.29, 1.82) is 0 Å². The smallest absolute Gasteiger partial charge is 0.197 e. The second kappa shape index (κ2) is 4.04. The standard InChI is InChI=1S/C15H24N/c1-8-12(5)14(9-2)13(6)15(14,10-3)16(7)11-4/h8,11H,1,5-6,9-10H2,2-4,7H3/q+1. The molecule has 88 valence electrons. The summed E-state index contributed by atoms with van der Waals surface area (Å²) in [6.45, 7) is 18.8. The van der Waals surface area contributed by atoms with E-state index >= 15 is 0 Å². The Labute approximate surface area is 99.9 Å². The zero-order valence-corrected chi connectivity index (χ0v) is 11.1. The lowest BCUT2D eigenvalue weighted by atomic mass is 9.87. The van der Waals surface area contributed by atoms with E-state index < -0.39 is 0 Å². The van der Waals surface area contributed by atoms with Crippen molar-refractivity contribution in [3.63, 3.8) is 0 Å². The maximum Gasteiger partial charge on any atom is 0.197 e. The van der Waals surface area contributed by atoms with E-state index in [4.69, 9.17) is 0 Å². The fourth-order valence-electron chi connectivity index (χ4n) is 3.44. The Bertz CT molecular complexity index is 357. The van der Waals surface area contributed by atoms with Crippen LogP contribution in [0.2, 0.25) is 0 Å². The van der Waals surface area contributed by atoms with Gasteiger partial charge in [0.1, 0.15) is 13.3 Å². The van der Waals surface area contributed by atoms with Crippen LogP contribution in [0.4, 0.5) is 0 Å². The highest BCUT2D eigenvalue weighted by Gasteiger charge is 2.77. The minimum absolute atomic E-state index is 0.0325. The molecule has 1 rings (SSSR count). The van der Waals surface area contributed by atoms with Crippen molar-refractivity contribution in [3.05, 3.63) is 37.0 Å². The van der Waals surface area contributed by atoms with Gasteiger partial charge in [-0.1, -0.05) is 39.7 Å². The molecule has 1 fully saturated rings. The lowest BCUT2D eigenvalue weighted by molar-refractivity contribution is -0.554. The largest absolute Gasteiger partial charge is 0.232 e. The second-order valence-corrected chi connectivity index (χ2v) is 4.55. The molecule has 0 heterocycles. The third-order valence-corrected chi connectivity index (χ3v) is 4.48. The van der Waals surface area contributed by atoms with Gasteiger partial charge >= 0.3 is 0 Å². The Morgan fingerprint density at radius 3 is 2.25 bits per heavy atom. The molecule has 0 aliphatic heterocycles. The minimum Gasteiger partial charge on any atom is -0.232 e. The molecule has 0 aromatic carbocycles. The topological polar surface area (TPSA) is 3.01 Å². The molecule has 0 spiro atoms. The number of nitrogens with zero attached hydrogens (tertiary/aromatic N) is 1. The molecule has 16 heavy (non-hydrogen) atoms. The van der Waals surface area contributed by atoms with E-state index in [1.54, 1.807) is 0 Å². The fraction of sp³-hybridized carbons (Fsp3) is 0.533. The number of likely N-dealkylation sites (N-methyl/N-ethyl adjacent to an activating group) is 1. The molecule has 1 nitrogen and oxygen atoms in total. The van der Waals surface area contributed by atoms with Gasteiger partial charge < -0.3 is 0 Å². The normalized spacial score (nSPS) is 33.8. The molecule has 0 radical (unpaired) electrons. The summed E-state index contributed by atoms with van der Waals surface area (Å²) in [7, 11) is 2.13. The zero-order valence-electron chi connectivity index (χ0n) is 11.1. The van der Waals surface area contributed by atoms with E-state index in [9.17, 15) is 0 Å². The summed E-state index contributed by atoms with van der Waals surface area (Å²) in [5.74, 6) is 0. The van der Waals surface area contributed by atoms with Crippen LogP contribution in [0.5, 0.6) is 0 Å². The molecule has 0 N–H and O–H groups in total. The molecule has 0 amide bonds. The van der Waals surface area contributed by atoms with Crippen molar-refractivity contribution >= 4 is 6.21 Å². The van der Waals surface area contributed by atoms with Crippen LogP contribution in [-0.2, 0) is 0 Å². The van der Waals surface area contributed by atoms with E-state index in [0.717, 1.165) is 18.4 Å². The van der Waals surface area contributed by atoms with E-state index in [-0.39, 0.29) is 11.0 Å². The van der Waals surface area contributed by atoms with Gasteiger partial charge in [0.15, 0.2) is 5.54 Å². The lowest BCUT2D eigenvalue weighted by Gasteiger charge is -2.19. The van der Waals surface area contributed by atoms with Crippen molar-refractivity contribution < 1.29 is 4.58 Å². The molecule has 2 unspecified atom stereocenters. The van der Waals surface area contributed by atoms with E-state index in [0.29, 0.717) is 0 Å². The van der Waals surface area contributed by atoms with Crippen LogP contribution < -0.4 is 0 Å². The SMILES string of the molecule is C=CC(=C)C1(CC)C(=C)C1(CC)[N+](C)=CC. The predicted octanol–water partition coefficient (Wildman–Crippen LogP) is 3.58. The average molecular weight is 218 g/mol. The van der Waals surface area contributed by atoms with Crippen LogP contribution >= 0.6 is 0 Å². The first-order chi connectivity index (χ1) is 7.49. The van der Waals surface area contributed by atoms with Crippen molar-refractivity contribution in [1.82, 2.24) is 0 Å². The summed E-state index contributed by atoms with van der Waals surface area (Å²) in [6, 6.07) is 0. The van der Waals surface area contributed by atoms with Gasteiger partial charge in [-0.15, -0.1) is 0 Å². The first-order valence-corrected chi connectivity index (χ1v) is 6.03. The van der Waals surface area contributed by atoms with Gasteiger partial charge in [-0.25, -0.2) is 4.58 Å². The fourth-order valence-corrected chi connectivity index (χ4v) is 3.44. The molecule has 0 saturated heterocycles. The molecule has 1 aliphatic carbocycles. The number of allylic oxidation sites excluding steroid dienone is 1. The van der Waals surface area contributed by atoms with Crippen LogP contribution in [0, 0.1) is 5.41 Å². The first-order valence-electron chi connectivity index (χ1n) is 6.03. The van der Waals surface area contributed by atoms with Gasteiger partial charge in [0.25, 0.3) is 0 Å². The first kappa shape index (κ1) is 13.0. The van der Waals surface area contributed by atoms with Gasteiger partial charge in [-0.2, -0.15) is 0 Å². The molecule has 0 aromatic rings. The molecule has 0 aromatic heterocycles. The van der Waals surface area contributed by atoms with Crippen molar-refractivity contribution in [2.75, 3.05) is 7.05 Å². The minimum atomic E-state index is 0.0325. The third-order valence-electron chi connectivity index (χ3n) is 4.48. The van der Waals surface area contributed by atoms with Crippen molar-refractivity contribution in [3.8, 4) is 0 Å². The molecule has 1 heteroatoms. The van der Waals surface area contributed by atoms with Gasteiger partial charge in [0.05, 0.1) is 5.41 Å². The van der Waals surface area contributed by atoms with Crippen LogP contribution in [0.3, 0.4) is 0 Å². The summed E-state index contributed by atoms with van der Waals surface area (Å²) in [6.07, 6.45) is 6.12. The van der Waals surface area contributed by atoms with Gasteiger partial charge in [0.2, 0.25) is 0 Å². The predicted molar refractivity (Wildman–Crippen MR) is 72.1 cm³/mol. The van der Waals surface area contributed by atoms with Gasteiger partial charge in [-0.3, -0.25) is 0 Å².